The Hall–Kier alpha value is -3.23. The number of ether oxygens (including phenoxy) is 1. The van der Waals surface area contributed by atoms with E-state index in [-0.39, 0.29) is 23.7 Å². The van der Waals surface area contributed by atoms with Crippen molar-refractivity contribution in [1.29, 1.82) is 0 Å². The highest BCUT2D eigenvalue weighted by molar-refractivity contribution is 6.07. The summed E-state index contributed by atoms with van der Waals surface area (Å²) >= 11 is 0. The number of imide groups is 2. The number of esters is 1. The summed E-state index contributed by atoms with van der Waals surface area (Å²) in [6.45, 7) is -0.554. The third-order valence-electron chi connectivity index (χ3n) is 5.27. The first-order valence-electron chi connectivity index (χ1n) is 9.54. The fourth-order valence-corrected chi connectivity index (χ4v) is 3.83. The second-order valence-corrected chi connectivity index (χ2v) is 7.11. The number of fused-ring (bicyclic) bond motifs is 1. The molecule has 1 aliphatic heterocycles. The quantitative estimate of drug-likeness (QED) is 0.558. The molecule has 1 saturated carbocycles. The van der Waals surface area contributed by atoms with Gasteiger partial charge in [0, 0.05) is 12.6 Å². The van der Waals surface area contributed by atoms with Crippen LogP contribution in [0, 0.1) is 11.8 Å². The summed E-state index contributed by atoms with van der Waals surface area (Å²) in [6.07, 6.45) is 1.66. The van der Waals surface area contributed by atoms with E-state index >= 15 is 0 Å². The lowest BCUT2D eigenvalue weighted by Gasteiger charge is -2.19. The third kappa shape index (κ3) is 4.44. The molecule has 0 bridgehead atoms. The zero-order chi connectivity index (χ0) is 21.0. The van der Waals surface area contributed by atoms with Gasteiger partial charge in [0.1, 0.15) is 6.54 Å². The van der Waals surface area contributed by atoms with E-state index in [9.17, 15) is 24.0 Å². The summed E-state index contributed by atoms with van der Waals surface area (Å²) in [5, 5.41) is 4.32. The molecule has 3 atom stereocenters. The zero-order valence-corrected chi connectivity index (χ0v) is 16.1. The Morgan fingerprint density at radius 2 is 1.66 bits per heavy atom. The largest absolute Gasteiger partial charge is 0.446 e. The fraction of sp³-hybridized carbons (Fsp3) is 0.450. The average molecular weight is 401 g/mol. The Kier molecular flexibility index (Phi) is 6.26. The van der Waals surface area contributed by atoms with Gasteiger partial charge in [0.15, 0.2) is 0 Å². The van der Waals surface area contributed by atoms with Gasteiger partial charge < -0.3 is 10.1 Å². The van der Waals surface area contributed by atoms with Crippen LogP contribution in [0.1, 0.15) is 37.4 Å². The van der Waals surface area contributed by atoms with Crippen LogP contribution in [0.2, 0.25) is 0 Å². The molecule has 0 spiro atoms. The minimum Gasteiger partial charge on any atom is -0.446 e. The van der Waals surface area contributed by atoms with Crippen LogP contribution in [0.4, 0.5) is 4.79 Å². The molecule has 1 heterocycles. The van der Waals surface area contributed by atoms with Gasteiger partial charge in [0.05, 0.1) is 11.8 Å². The van der Waals surface area contributed by atoms with Crippen LogP contribution in [0.3, 0.4) is 0 Å². The summed E-state index contributed by atoms with van der Waals surface area (Å²) in [6, 6.07) is 7.43. The Morgan fingerprint density at radius 1 is 1.07 bits per heavy atom. The van der Waals surface area contributed by atoms with Crippen molar-refractivity contribution in [1.82, 2.24) is 15.5 Å². The number of likely N-dealkylation sites (tertiary alicyclic amines) is 1. The van der Waals surface area contributed by atoms with E-state index in [2.05, 4.69) is 10.6 Å². The van der Waals surface area contributed by atoms with Gasteiger partial charge in [-0.1, -0.05) is 43.2 Å². The number of carbonyl (C=O) groups is 5. The molecule has 1 aromatic carbocycles. The van der Waals surface area contributed by atoms with Crippen molar-refractivity contribution >= 4 is 29.7 Å². The van der Waals surface area contributed by atoms with Gasteiger partial charge in [0.2, 0.25) is 17.9 Å². The van der Waals surface area contributed by atoms with E-state index in [0.29, 0.717) is 18.4 Å². The molecule has 0 aromatic heterocycles. The molecule has 5 amide bonds. The molecule has 2 aliphatic rings. The first-order valence-corrected chi connectivity index (χ1v) is 9.54. The van der Waals surface area contributed by atoms with E-state index in [4.69, 9.17) is 4.74 Å². The van der Waals surface area contributed by atoms with E-state index in [1.165, 1.54) is 7.05 Å². The summed E-state index contributed by atoms with van der Waals surface area (Å²) in [4.78, 5) is 62.4. The molecule has 9 nitrogen and oxygen atoms in total. The number of amides is 5. The molecule has 1 aliphatic carbocycles. The normalized spacial score (nSPS) is 21.9. The number of carbonyl (C=O) groups excluding carboxylic acids is 5. The maximum Gasteiger partial charge on any atom is 0.327 e. The summed E-state index contributed by atoms with van der Waals surface area (Å²) in [5.41, 5.74) is 0.356. The molecule has 154 valence electrons. The van der Waals surface area contributed by atoms with Crippen LogP contribution in [0.5, 0.6) is 0 Å². The predicted molar refractivity (Wildman–Crippen MR) is 100 cm³/mol. The zero-order valence-electron chi connectivity index (χ0n) is 16.1. The maximum absolute atomic E-state index is 12.5. The van der Waals surface area contributed by atoms with Crippen LogP contribution in [-0.2, 0) is 23.9 Å². The van der Waals surface area contributed by atoms with Gasteiger partial charge in [-0.2, -0.15) is 0 Å². The molecule has 2 N–H and O–H groups in total. The predicted octanol–water partition coefficient (Wildman–Crippen LogP) is 0.902. The fourth-order valence-electron chi connectivity index (χ4n) is 3.83. The Morgan fingerprint density at radius 3 is 2.21 bits per heavy atom. The first-order chi connectivity index (χ1) is 13.9. The molecule has 0 radical (unpaired) electrons. The molecule has 3 rings (SSSR count). The minimum absolute atomic E-state index is 0.356. The van der Waals surface area contributed by atoms with Gasteiger partial charge >= 0.3 is 12.0 Å². The highest BCUT2D eigenvalue weighted by Crippen LogP contribution is 2.38. The number of hydrogen-bond donors (Lipinski definition) is 2. The topological polar surface area (TPSA) is 122 Å². The summed E-state index contributed by atoms with van der Waals surface area (Å²) < 4.78 is 5.28. The number of nitrogens with one attached hydrogen (secondary N) is 2. The van der Waals surface area contributed by atoms with Crippen LogP contribution in [0.25, 0.3) is 0 Å². The van der Waals surface area contributed by atoms with Gasteiger partial charge in [0.25, 0.3) is 5.91 Å². The Labute approximate surface area is 167 Å². The maximum atomic E-state index is 12.5. The third-order valence-corrected chi connectivity index (χ3v) is 5.27. The molecule has 29 heavy (non-hydrogen) atoms. The molecule has 0 unspecified atom stereocenters. The monoisotopic (exact) mass is 401 g/mol. The molecule has 2 fully saturated rings. The highest BCUT2D eigenvalue weighted by Gasteiger charge is 2.48. The van der Waals surface area contributed by atoms with Crippen LogP contribution >= 0.6 is 0 Å². The Balaban J connectivity index is 1.71. The van der Waals surface area contributed by atoms with Crippen molar-refractivity contribution in [2.24, 2.45) is 11.8 Å². The number of hydrogen-bond acceptors (Lipinski definition) is 6. The second kappa shape index (κ2) is 8.85. The molecule has 1 saturated heterocycles. The van der Waals surface area contributed by atoms with Crippen molar-refractivity contribution < 1.29 is 28.7 Å². The number of rotatable bonds is 5. The molecule has 1 aromatic rings. The van der Waals surface area contributed by atoms with E-state index < -0.39 is 30.6 Å². The number of nitrogens with zero attached hydrogens (tertiary/aromatic N) is 1. The van der Waals surface area contributed by atoms with Gasteiger partial charge in [-0.05, 0) is 12.8 Å². The molecular formula is C20H23N3O6. The molecule has 9 heteroatoms. The van der Waals surface area contributed by atoms with Crippen molar-refractivity contribution in [3.05, 3.63) is 35.9 Å². The van der Waals surface area contributed by atoms with E-state index in [1.807, 2.05) is 0 Å². The summed E-state index contributed by atoms with van der Waals surface area (Å²) in [5.74, 6) is -3.19. The highest BCUT2D eigenvalue weighted by atomic mass is 16.5. The van der Waals surface area contributed by atoms with Gasteiger partial charge in [-0.3, -0.25) is 29.4 Å². The lowest BCUT2D eigenvalue weighted by atomic mass is 9.81. The first kappa shape index (κ1) is 20.5. The SMILES string of the molecule is CNC(=O)NC(=O)[C@H](OC(=O)CN1C(=O)[C@H]2CCCC[C@@H]2C1=O)c1ccccc1. The average Bonchev–Trinajstić information content (AvgIpc) is 2.97. The van der Waals surface area contributed by atoms with E-state index in [0.717, 1.165) is 17.7 Å². The number of urea groups is 1. The van der Waals surface area contributed by atoms with Crippen LogP contribution in [-0.4, -0.2) is 48.2 Å². The van der Waals surface area contributed by atoms with Crippen molar-refractivity contribution in [2.75, 3.05) is 13.6 Å². The summed E-state index contributed by atoms with van der Waals surface area (Å²) in [7, 11) is 1.34. The van der Waals surface area contributed by atoms with Crippen LogP contribution < -0.4 is 10.6 Å². The number of benzene rings is 1. The van der Waals surface area contributed by atoms with Crippen molar-refractivity contribution in [3.63, 3.8) is 0 Å². The lowest BCUT2D eigenvalue weighted by molar-refractivity contribution is -0.160. The smallest absolute Gasteiger partial charge is 0.327 e. The van der Waals surface area contributed by atoms with Crippen LogP contribution in [0.15, 0.2) is 30.3 Å². The van der Waals surface area contributed by atoms with Crippen molar-refractivity contribution in [3.8, 4) is 0 Å². The minimum atomic E-state index is -1.39. The molecular weight excluding hydrogens is 378 g/mol. The van der Waals surface area contributed by atoms with Gasteiger partial charge in [-0.25, -0.2) is 4.79 Å². The second-order valence-electron chi connectivity index (χ2n) is 7.11. The Bertz CT molecular complexity index is 801. The van der Waals surface area contributed by atoms with E-state index in [1.54, 1.807) is 30.3 Å². The lowest BCUT2D eigenvalue weighted by Crippen LogP contribution is -2.42. The van der Waals surface area contributed by atoms with Crippen molar-refractivity contribution in [2.45, 2.75) is 31.8 Å². The standard InChI is InChI=1S/C20H23N3O6/c1-21-20(28)22-17(25)16(12-7-3-2-4-8-12)29-15(24)11-23-18(26)13-9-5-6-10-14(13)19(23)27/h2-4,7-8,13-14,16H,5-6,9-11H2,1H3,(H2,21,22,25,28)/t13-,14-,16+/m0/s1. The van der Waals surface area contributed by atoms with Gasteiger partial charge in [-0.15, -0.1) is 0 Å².